The van der Waals surface area contributed by atoms with Crippen LogP contribution >= 0.6 is 11.6 Å². The first-order valence-electron chi connectivity index (χ1n) is 6.85. The standard InChI is InChI=1S/C14H21ClN2O2/c1-2-16-8-12-7-13(15)14(17-9-12)19-10-11-3-5-18-6-4-11/h7,9,11,16H,2-6,8,10H2,1H3. The normalized spacial score (nSPS) is 16.5. The first-order chi connectivity index (χ1) is 9.29. The summed E-state index contributed by atoms with van der Waals surface area (Å²) in [6.45, 7) is 6.11. The van der Waals surface area contributed by atoms with Crippen LogP contribution in [0, 0.1) is 5.92 Å². The molecule has 1 aromatic rings. The molecule has 0 radical (unpaired) electrons. The van der Waals surface area contributed by atoms with E-state index in [1.807, 2.05) is 12.3 Å². The lowest BCUT2D eigenvalue weighted by atomic mass is 10.0. The first-order valence-corrected chi connectivity index (χ1v) is 7.23. The summed E-state index contributed by atoms with van der Waals surface area (Å²) >= 11 is 6.19. The van der Waals surface area contributed by atoms with Crippen molar-refractivity contribution in [3.8, 4) is 5.88 Å². The highest BCUT2D eigenvalue weighted by molar-refractivity contribution is 6.31. The first kappa shape index (κ1) is 14.6. The zero-order valence-electron chi connectivity index (χ0n) is 11.3. The number of ether oxygens (including phenoxy) is 2. The highest BCUT2D eigenvalue weighted by Gasteiger charge is 2.15. The zero-order chi connectivity index (χ0) is 13.5. The Labute approximate surface area is 119 Å². The molecule has 2 rings (SSSR count). The lowest BCUT2D eigenvalue weighted by Gasteiger charge is -2.22. The van der Waals surface area contributed by atoms with Gasteiger partial charge in [-0.15, -0.1) is 0 Å². The van der Waals surface area contributed by atoms with Crippen molar-refractivity contribution in [1.29, 1.82) is 0 Å². The Hall–Kier alpha value is -0.840. The SMILES string of the molecule is CCNCc1cnc(OCC2CCOCC2)c(Cl)c1. The Balaban J connectivity index is 1.85. The fraction of sp³-hybridized carbons (Fsp3) is 0.643. The summed E-state index contributed by atoms with van der Waals surface area (Å²) < 4.78 is 11.0. The third-order valence-electron chi connectivity index (χ3n) is 3.24. The molecule has 0 bridgehead atoms. The van der Waals surface area contributed by atoms with Crippen molar-refractivity contribution in [1.82, 2.24) is 10.3 Å². The number of pyridine rings is 1. The van der Waals surface area contributed by atoms with Crippen LogP contribution in [0.25, 0.3) is 0 Å². The summed E-state index contributed by atoms with van der Waals surface area (Å²) in [5.41, 5.74) is 1.07. The molecule has 0 atom stereocenters. The molecule has 1 aromatic heterocycles. The molecule has 0 amide bonds. The minimum Gasteiger partial charge on any atom is -0.476 e. The fourth-order valence-electron chi connectivity index (χ4n) is 2.05. The molecule has 5 heteroatoms. The Morgan fingerprint density at radius 2 is 2.26 bits per heavy atom. The number of halogens is 1. The summed E-state index contributed by atoms with van der Waals surface area (Å²) in [6.07, 6.45) is 3.92. The largest absolute Gasteiger partial charge is 0.476 e. The molecule has 19 heavy (non-hydrogen) atoms. The van der Waals surface area contributed by atoms with Gasteiger partial charge in [0.2, 0.25) is 5.88 Å². The van der Waals surface area contributed by atoms with E-state index in [4.69, 9.17) is 21.1 Å². The van der Waals surface area contributed by atoms with Crippen LogP contribution in [0.1, 0.15) is 25.3 Å². The third kappa shape index (κ3) is 4.64. The van der Waals surface area contributed by atoms with Gasteiger partial charge in [-0.25, -0.2) is 4.98 Å². The third-order valence-corrected chi connectivity index (χ3v) is 3.51. The molecule has 0 unspecified atom stereocenters. The van der Waals surface area contributed by atoms with Gasteiger partial charge in [-0.05, 0) is 36.9 Å². The van der Waals surface area contributed by atoms with E-state index in [9.17, 15) is 0 Å². The van der Waals surface area contributed by atoms with Gasteiger partial charge in [0.1, 0.15) is 5.02 Å². The van der Waals surface area contributed by atoms with Gasteiger partial charge in [0.05, 0.1) is 6.61 Å². The van der Waals surface area contributed by atoms with Gasteiger partial charge in [-0.2, -0.15) is 0 Å². The van der Waals surface area contributed by atoms with Crippen LogP contribution in [-0.4, -0.2) is 31.3 Å². The van der Waals surface area contributed by atoms with Gasteiger partial charge in [0.25, 0.3) is 0 Å². The second-order valence-electron chi connectivity index (χ2n) is 4.78. The summed E-state index contributed by atoms with van der Waals surface area (Å²) in [5, 5.41) is 3.83. The van der Waals surface area contributed by atoms with Crippen molar-refractivity contribution < 1.29 is 9.47 Å². The van der Waals surface area contributed by atoms with Crippen molar-refractivity contribution in [3.05, 3.63) is 22.8 Å². The van der Waals surface area contributed by atoms with Crippen LogP contribution in [0.2, 0.25) is 5.02 Å². The maximum absolute atomic E-state index is 6.19. The molecule has 1 fully saturated rings. The highest BCUT2D eigenvalue weighted by atomic mass is 35.5. The molecule has 0 saturated carbocycles. The second-order valence-corrected chi connectivity index (χ2v) is 5.18. The molecule has 1 aliphatic heterocycles. The number of rotatable bonds is 6. The average Bonchev–Trinajstić information content (AvgIpc) is 2.45. The smallest absolute Gasteiger partial charge is 0.232 e. The van der Waals surface area contributed by atoms with Gasteiger partial charge < -0.3 is 14.8 Å². The van der Waals surface area contributed by atoms with E-state index >= 15 is 0 Å². The van der Waals surface area contributed by atoms with Gasteiger partial charge in [0, 0.05) is 26.0 Å². The number of nitrogens with zero attached hydrogens (tertiary/aromatic N) is 1. The highest BCUT2D eigenvalue weighted by Crippen LogP contribution is 2.24. The molecule has 1 aliphatic rings. The van der Waals surface area contributed by atoms with Crippen molar-refractivity contribution in [2.45, 2.75) is 26.3 Å². The van der Waals surface area contributed by atoms with Crippen LogP contribution in [0.5, 0.6) is 5.88 Å². The molecule has 1 saturated heterocycles. The summed E-state index contributed by atoms with van der Waals surface area (Å²) in [6, 6.07) is 1.91. The van der Waals surface area contributed by atoms with Crippen LogP contribution in [0.3, 0.4) is 0 Å². The Morgan fingerprint density at radius 3 is 2.95 bits per heavy atom. The summed E-state index contributed by atoms with van der Waals surface area (Å²) in [5.74, 6) is 1.08. The lowest BCUT2D eigenvalue weighted by molar-refractivity contribution is 0.0490. The molecular weight excluding hydrogens is 264 g/mol. The van der Waals surface area contributed by atoms with E-state index in [2.05, 4.69) is 17.2 Å². The molecule has 0 spiro atoms. The van der Waals surface area contributed by atoms with E-state index in [1.165, 1.54) is 0 Å². The predicted octanol–water partition coefficient (Wildman–Crippen LogP) is 2.65. The molecule has 2 heterocycles. The monoisotopic (exact) mass is 284 g/mol. The van der Waals surface area contributed by atoms with Gasteiger partial charge in [-0.3, -0.25) is 0 Å². The molecule has 1 N–H and O–H groups in total. The number of aromatic nitrogens is 1. The zero-order valence-corrected chi connectivity index (χ0v) is 12.1. The second kappa shape index (κ2) is 7.68. The van der Waals surface area contributed by atoms with E-state index < -0.39 is 0 Å². The predicted molar refractivity (Wildman–Crippen MR) is 75.7 cm³/mol. The average molecular weight is 285 g/mol. The van der Waals surface area contributed by atoms with Crippen molar-refractivity contribution >= 4 is 11.6 Å². The molecule has 0 aromatic carbocycles. The van der Waals surface area contributed by atoms with E-state index in [0.29, 0.717) is 23.4 Å². The number of nitrogens with one attached hydrogen (secondary N) is 1. The Bertz CT molecular complexity index is 395. The Morgan fingerprint density at radius 1 is 1.47 bits per heavy atom. The molecule has 0 aliphatic carbocycles. The van der Waals surface area contributed by atoms with Crippen molar-refractivity contribution in [3.63, 3.8) is 0 Å². The maximum Gasteiger partial charge on any atom is 0.232 e. The lowest BCUT2D eigenvalue weighted by Crippen LogP contribution is -2.21. The van der Waals surface area contributed by atoms with Gasteiger partial charge in [0.15, 0.2) is 0 Å². The van der Waals surface area contributed by atoms with Crippen LogP contribution in [-0.2, 0) is 11.3 Å². The van der Waals surface area contributed by atoms with Crippen molar-refractivity contribution in [2.75, 3.05) is 26.4 Å². The fourth-order valence-corrected chi connectivity index (χ4v) is 2.29. The van der Waals surface area contributed by atoms with Crippen molar-refractivity contribution in [2.24, 2.45) is 5.92 Å². The minimum atomic E-state index is 0.536. The molecular formula is C14H21ClN2O2. The quantitative estimate of drug-likeness (QED) is 0.872. The number of hydrogen-bond acceptors (Lipinski definition) is 4. The number of hydrogen-bond donors (Lipinski definition) is 1. The minimum absolute atomic E-state index is 0.536. The van der Waals surface area contributed by atoms with E-state index in [0.717, 1.165) is 44.7 Å². The van der Waals surface area contributed by atoms with Gasteiger partial charge in [-0.1, -0.05) is 18.5 Å². The summed E-state index contributed by atoms with van der Waals surface area (Å²) in [4.78, 5) is 4.29. The van der Waals surface area contributed by atoms with Crippen LogP contribution in [0.15, 0.2) is 12.3 Å². The maximum atomic E-state index is 6.19. The Kier molecular flexibility index (Phi) is 5.89. The van der Waals surface area contributed by atoms with E-state index in [-0.39, 0.29) is 0 Å². The van der Waals surface area contributed by atoms with Crippen LogP contribution < -0.4 is 10.1 Å². The van der Waals surface area contributed by atoms with Crippen LogP contribution in [0.4, 0.5) is 0 Å². The topological polar surface area (TPSA) is 43.4 Å². The van der Waals surface area contributed by atoms with Gasteiger partial charge >= 0.3 is 0 Å². The molecule has 106 valence electrons. The van der Waals surface area contributed by atoms with E-state index in [1.54, 1.807) is 0 Å². The molecule has 4 nitrogen and oxygen atoms in total. The summed E-state index contributed by atoms with van der Waals surface area (Å²) in [7, 11) is 0.